The molecular weight excluding hydrogens is 344 g/mol. The van der Waals surface area contributed by atoms with Crippen molar-refractivity contribution in [1.29, 1.82) is 0 Å². The van der Waals surface area contributed by atoms with Crippen molar-refractivity contribution in [3.05, 3.63) is 72.4 Å². The number of hydrogen-bond donors (Lipinski definition) is 0. The second kappa shape index (κ2) is 6.49. The first-order chi connectivity index (χ1) is 12.5. The van der Waals surface area contributed by atoms with E-state index >= 15 is 0 Å². The molecule has 26 heavy (non-hydrogen) atoms. The second-order valence-corrected chi connectivity index (χ2v) is 9.07. The summed E-state index contributed by atoms with van der Waals surface area (Å²) in [5.41, 5.74) is 1.85. The number of nitrogens with zero attached hydrogens (tertiary/aromatic N) is 2. The van der Waals surface area contributed by atoms with E-state index in [2.05, 4.69) is 24.0 Å². The molecule has 0 N–H and O–H groups in total. The molecule has 2 heterocycles. The fraction of sp³-hybridized carbons (Fsp3) is 0.286. The van der Waals surface area contributed by atoms with Crippen LogP contribution >= 0.6 is 0 Å². The van der Waals surface area contributed by atoms with Crippen LogP contribution in [0.1, 0.15) is 25.3 Å². The molecule has 5 heteroatoms. The van der Waals surface area contributed by atoms with Gasteiger partial charge in [0.1, 0.15) is 4.90 Å². The molecule has 0 unspecified atom stereocenters. The molecule has 134 valence electrons. The molecule has 2 aromatic carbocycles. The van der Waals surface area contributed by atoms with Crippen molar-refractivity contribution in [2.45, 2.75) is 30.1 Å². The molecule has 0 radical (unpaired) electrons. The van der Waals surface area contributed by atoms with E-state index in [9.17, 15) is 8.42 Å². The number of sulfonamides is 1. The number of rotatable bonds is 3. The summed E-state index contributed by atoms with van der Waals surface area (Å²) in [4.78, 5) is 4.62. The minimum Gasteiger partial charge on any atom is -0.255 e. The normalized spacial score (nSPS) is 18.0. The molecule has 0 atom stereocenters. The molecule has 0 aliphatic carbocycles. The Morgan fingerprint density at radius 1 is 0.923 bits per heavy atom. The van der Waals surface area contributed by atoms with Crippen LogP contribution in [0.3, 0.4) is 0 Å². The van der Waals surface area contributed by atoms with Gasteiger partial charge in [-0.3, -0.25) is 4.98 Å². The smallest absolute Gasteiger partial charge is 0.245 e. The molecule has 0 spiro atoms. The monoisotopic (exact) mass is 366 g/mol. The van der Waals surface area contributed by atoms with Crippen LogP contribution in [0.4, 0.5) is 0 Å². The summed E-state index contributed by atoms with van der Waals surface area (Å²) >= 11 is 0. The van der Waals surface area contributed by atoms with Crippen LogP contribution in [0.5, 0.6) is 0 Å². The van der Waals surface area contributed by atoms with E-state index in [0.29, 0.717) is 23.5 Å². The minimum absolute atomic E-state index is 0.0181. The lowest BCUT2D eigenvalue weighted by atomic mass is 9.75. The van der Waals surface area contributed by atoms with E-state index in [1.807, 2.05) is 36.4 Å². The molecule has 0 saturated carbocycles. The number of fused-ring (bicyclic) bond motifs is 1. The molecule has 1 aliphatic heterocycles. The van der Waals surface area contributed by atoms with Gasteiger partial charge in [0.05, 0.1) is 5.52 Å². The van der Waals surface area contributed by atoms with Gasteiger partial charge in [0.25, 0.3) is 0 Å². The van der Waals surface area contributed by atoms with Crippen molar-refractivity contribution in [3.8, 4) is 0 Å². The zero-order valence-corrected chi connectivity index (χ0v) is 15.6. The van der Waals surface area contributed by atoms with Crippen molar-refractivity contribution in [2.75, 3.05) is 13.1 Å². The lowest BCUT2D eigenvalue weighted by Crippen LogP contribution is -2.43. The van der Waals surface area contributed by atoms with Gasteiger partial charge in [-0.1, -0.05) is 55.5 Å². The van der Waals surface area contributed by atoms with Gasteiger partial charge in [-0.2, -0.15) is 4.31 Å². The van der Waals surface area contributed by atoms with Crippen LogP contribution in [-0.2, 0) is 15.4 Å². The largest absolute Gasteiger partial charge is 0.255 e. The highest BCUT2D eigenvalue weighted by Crippen LogP contribution is 2.37. The van der Waals surface area contributed by atoms with Crippen molar-refractivity contribution in [3.63, 3.8) is 0 Å². The van der Waals surface area contributed by atoms with Gasteiger partial charge in [0, 0.05) is 24.7 Å². The third-order valence-electron chi connectivity index (χ3n) is 5.51. The number of benzene rings is 2. The van der Waals surface area contributed by atoms with Gasteiger partial charge < -0.3 is 0 Å². The van der Waals surface area contributed by atoms with Gasteiger partial charge in [0.15, 0.2) is 0 Å². The molecule has 0 amide bonds. The molecule has 1 saturated heterocycles. The number of piperidine rings is 1. The summed E-state index contributed by atoms with van der Waals surface area (Å²) in [6.45, 7) is 3.28. The van der Waals surface area contributed by atoms with E-state index in [4.69, 9.17) is 0 Å². The first kappa shape index (κ1) is 17.2. The van der Waals surface area contributed by atoms with Gasteiger partial charge in [-0.05, 0) is 36.0 Å². The van der Waals surface area contributed by atoms with Crippen molar-refractivity contribution in [1.82, 2.24) is 9.29 Å². The third kappa shape index (κ3) is 2.91. The van der Waals surface area contributed by atoms with E-state index in [-0.39, 0.29) is 5.41 Å². The molecule has 0 bridgehead atoms. The third-order valence-corrected chi connectivity index (χ3v) is 7.44. The maximum Gasteiger partial charge on any atom is 0.245 e. The Hall–Kier alpha value is -2.24. The van der Waals surface area contributed by atoms with Crippen LogP contribution in [0.2, 0.25) is 0 Å². The maximum atomic E-state index is 13.2. The zero-order chi connectivity index (χ0) is 18.2. The van der Waals surface area contributed by atoms with E-state index in [0.717, 1.165) is 18.2 Å². The van der Waals surface area contributed by atoms with Crippen molar-refractivity contribution >= 4 is 20.9 Å². The Morgan fingerprint density at radius 3 is 2.35 bits per heavy atom. The van der Waals surface area contributed by atoms with Crippen LogP contribution in [0.15, 0.2) is 71.8 Å². The highest BCUT2D eigenvalue weighted by atomic mass is 32.2. The highest BCUT2D eigenvalue weighted by molar-refractivity contribution is 7.89. The lowest BCUT2D eigenvalue weighted by molar-refractivity contribution is 0.249. The fourth-order valence-corrected chi connectivity index (χ4v) is 5.38. The topological polar surface area (TPSA) is 50.3 Å². The number of aromatic nitrogens is 1. The van der Waals surface area contributed by atoms with E-state index in [1.165, 1.54) is 5.56 Å². The summed E-state index contributed by atoms with van der Waals surface area (Å²) in [6.07, 6.45) is 3.27. The molecular formula is C21H22N2O2S. The summed E-state index contributed by atoms with van der Waals surface area (Å²) in [5, 5.41) is 0.847. The van der Waals surface area contributed by atoms with Crippen molar-refractivity contribution < 1.29 is 8.42 Å². The lowest BCUT2D eigenvalue weighted by Gasteiger charge is -2.39. The van der Waals surface area contributed by atoms with Gasteiger partial charge in [-0.25, -0.2) is 8.42 Å². The number of para-hydroxylation sites is 1. The molecule has 3 aromatic rings. The Balaban J connectivity index is 1.63. The van der Waals surface area contributed by atoms with Crippen molar-refractivity contribution in [2.24, 2.45) is 0 Å². The Kier molecular flexibility index (Phi) is 4.29. The van der Waals surface area contributed by atoms with E-state index < -0.39 is 10.0 Å². The van der Waals surface area contributed by atoms with Gasteiger partial charge in [-0.15, -0.1) is 0 Å². The predicted molar refractivity (Wildman–Crippen MR) is 104 cm³/mol. The summed E-state index contributed by atoms with van der Waals surface area (Å²) in [5.74, 6) is 0. The highest BCUT2D eigenvalue weighted by Gasteiger charge is 2.37. The van der Waals surface area contributed by atoms with Crippen LogP contribution in [0.25, 0.3) is 10.9 Å². The Morgan fingerprint density at radius 2 is 1.62 bits per heavy atom. The minimum atomic E-state index is -3.55. The van der Waals surface area contributed by atoms with E-state index in [1.54, 1.807) is 22.6 Å². The molecule has 4 rings (SSSR count). The van der Waals surface area contributed by atoms with Crippen LogP contribution < -0.4 is 0 Å². The SMILES string of the molecule is CC1(c2ccccc2)CCN(S(=O)(=O)c2cccc3cccnc23)CC1. The first-order valence-electron chi connectivity index (χ1n) is 8.90. The van der Waals surface area contributed by atoms with Gasteiger partial charge in [0.2, 0.25) is 10.0 Å². The maximum absolute atomic E-state index is 13.2. The Bertz CT molecular complexity index is 1020. The zero-order valence-electron chi connectivity index (χ0n) is 14.8. The average Bonchev–Trinajstić information content (AvgIpc) is 2.68. The molecule has 1 fully saturated rings. The molecule has 4 nitrogen and oxygen atoms in total. The predicted octanol–water partition coefficient (Wildman–Crippen LogP) is 3.98. The number of hydrogen-bond acceptors (Lipinski definition) is 3. The number of pyridine rings is 1. The van der Waals surface area contributed by atoms with Crippen LogP contribution in [0, 0.1) is 0 Å². The summed E-state index contributed by atoms with van der Waals surface area (Å²) in [7, 11) is -3.55. The second-order valence-electron chi connectivity index (χ2n) is 7.16. The summed E-state index contributed by atoms with van der Waals surface area (Å²) in [6, 6.07) is 19.4. The summed E-state index contributed by atoms with van der Waals surface area (Å²) < 4.78 is 28.1. The van der Waals surface area contributed by atoms with Crippen LogP contribution in [-0.4, -0.2) is 30.8 Å². The molecule has 1 aliphatic rings. The fourth-order valence-electron chi connectivity index (χ4n) is 3.77. The Labute approximate surface area is 154 Å². The standard InChI is InChI=1S/C21H22N2O2S/c1-21(18-9-3-2-4-10-18)12-15-23(16-13-21)26(24,25)19-11-5-7-17-8-6-14-22-20(17)19/h2-11,14H,12-13,15-16H2,1H3. The van der Waals surface area contributed by atoms with Gasteiger partial charge >= 0.3 is 0 Å². The quantitative estimate of drug-likeness (QED) is 0.704. The first-order valence-corrected chi connectivity index (χ1v) is 10.3. The molecule has 1 aromatic heterocycles. The average molecular weight is 366 g/mol.